The number of nitrogens with zero attached hydrogens (tertiary/aromatic N) is 2. The maximum Gasteiger partial charge on any atom is 0.256 e. The zero-order chi connectivity index (χ0) is 17.8. The second-order valence-corrected chi connectivity index (χ2v) is 6.78. The first-order valence-corrected chi connectivity index (χ1v) is 9.25. The predicted octanol–water partition coefficient (Wildman–Crippen LogP) is 2.65. The highest BCUT2D eigenvalue weighted by Gasteiger charge is 2.27. The van der Waals surface area contributed by atoms with Crippen LogP contribution in [0.3, 0.4) is 0 Å². The van der Waals surface area contributed by atoms with Crippen LogP contribution < -0.4 is 10.2 Å². The van der Waals surface area contributed by atoms with E-state index in [0.717, 1.165) is 30.9 Å². The Labute approximate surface area is 154 Å². The first kappa shape index (κ1) is 16.9. The predicted molar refractivity (Wildman–Crippen MR) is 103 cm³/mol. The summed E-state index contributed by atoms with van der Waals surface area (Å²) in [5.41, 5.74) is 2.81. The molecule has 2 aliphatic rings. The Morgan fingerprint density at radius 1 is 1.08 bits per heavy atom. The molecule has 4 rings (SSSR count). The van der Waals surface area contributed by atoms with Crippen LogP contribution in [0.2, 0.25) is 0 Å². The number of morpholine rings is 1. The minimum absolute atomic E-state index is 0.0587. The van der Waals surface area contributed by atoms with E-state index in [1.807, 2.05) is 41.3 Å². The molecule has 0 saturated carbocycles. The van der Waals surface area contributed by atoms with Crippen molar-refractivity contribution in [2.24, 2.45) is 0 Å². The van der Waals surface area contributed by atoms with Gasteiger partial charge >= 0.3 is 0 Å². The van der Waals surface area contributed by atoms with Gasteiger partial charge in [-0.1, -0.05) is 30.3 Å². The van der Waals surface area contributed by atoms with Gasteiger partial charge in [-0.3, -0.25) is 4.79 Å². The van der Waals surface area contributed by atoms with Gasteiger partial charge in [0.25, 0.3) is 5.91 Å². The van der Waals surface area contributed by atoms with Crippen molar-refractivity contribution in [2.75, 3.05) is 49.6 Å². The highest BCUT2D eigenvalue weighted by molar-refractivity contribution is 5.99. The van der Waals surface area contributed by atoms with E-state index in [4.69, 9.17) is 4.74 Å². The SMILES string of the molecule is O=C(c1[c]cccc1N1CC[C@@H](Nc2ccccc2)C1)N1CCOCC1. The Kier molecular flexibility index (Phi) is 5.07. The van der Waals surface area contributed by atoms with Gasteiger partial charge in [-0.15, -0.1) is 0 Å². The van der Waals surface area contributed by atoms with Crippen LogP contribution in [0.1, 0.15) is 16.8 Å². The summed E-state index contributed by atoms with van der Waals surface area (Å²) in [6.07, 6.45) is 1.05. The van der Waals surface area contributed by atoms with Crippen LogP contribution in [-0.2, 0) is 4.74 Å². The minimum atomic E-state index is 0.0587. The van der Waals surface area contributed by atoms with Gasteiger partial charge in [0, 0.05) is 37.9 Å². The molecule has 1 N–H and O–H groups in total. The van der Waals surface area contributed by atoms with Crippen molar-refractivity contribution in [3.8, 4) is 0 Å². The molecule has 2 aromatic rings. The monoisotopic (exact) mass is 350 g/mol. The molecule has 2 saturated heterocycles. The van der Waals surface area contributed by atoms with Crippen molar-refractivity contribution in [3.63, 3.8) is 0 Å². The van der Waals surface area contributed by atoms with Crippen LogP contribution in [0.4, 0.5) is 11.4 Å². The molecule has 26 heavy (non-hydrogen) atoms. The Balaban J connectivity index is 1.47. The number of para-hydroxylation sites is 1. The largest absolute Gasteiger partial charge is 0.380 e. The molecule has 0 spiro atoms. The molecule has 2 aromatic carbocycles. The van der Waals surface area contributed by atoms with Gasteiger partial charge in [-0.25, -0.2) is 0 Å². The molecule has 1 radical (unpaired) electrons. The van der Waals surface area contributed by atoms with Crippen molar-refractivity contribution in [1.29, 1.82) is 0 Å². The number of hydrogen-bond acceptors (Lipinski definition) is 4. The molecular weight excluding hydrogens is 326 g/mol. The average molecular weight is 350 g/mol. The standard InChI is InChI=1S/C21H24N3O2/c25-21(23-12-14-26-15-13-23)19-8-4-5-9-20(19)24-11-10-18(16-24)22-17-6-2-1-3-7-17/h1-7,9,18,22H,10-16H2/t18-/m1/s1. The fourth-order valence-corrected chi connectivity index (χ4v) is 3.65. The fraction of sp³-hybridized carbons (Fsp3) is 0.381. The van der Waals surface area contributed by atoms with Gasteiger partial charge in [-0.2, -0.15) is 0 Å². The lowest BCUT2D eigenvalue weighted by molar-refractivity contribution is 0.0303. The van der Waals surface area contributed by atoms with Crippen LogP contribution >= 0.6 is 0 Å². The van der Waals surface area contributed by atoms with Gasteiger partial charge in [0.1, 0.15) is 0 Å². The number of amides is 1. The molecule has 5 nitrogen and oxygen atoms in total. The second kappa shape index (κ2) is 7.79. The van der Waals surface area contributed by atoms with Crippen molar-refractivity contribution < 1.29 is 9.53 Å². The highest BCUT2D eigenvalue weighted by atomic mass is 16.5. The maximum absolute atomic E-state index is 12.9. The number of hydrogen-bond donors (Lipinski definition) is 1. The summed E-state index contributed by atoms with van der Waals surface area (Å²) in [5.74, 6) is 0.0587. The number of ether oxygens (including phenoxy) is 1. The zero-order valence-corrected chi connectivity index (χ0v) is 14.9. The molecule has 0 aliphatic carbocycles. The number of nitrogens with one attached hydrogen (secondary N) is 1. The molecule has 5 heteroatoms. The topological polar surface area (TPSA) is 44.8 Å². The minimum Gasteiger partial charge on any atom is -0.380 e. The van der Waals surface area contributed by atoms with Gasteiger partial charge in [0.05, 0.1) is 24.5 Å². The van der Waals surface area contributed by atoms with E-state index < -0.39 is 0 Å². The molecule has 2 heterocycles. The van der Waals surface area contributed by atoms with E-state index in [1.54, 1.807) is 0 Å². The van der Waals surface area contributed by atoms with Crippen molar-refractivity contribution in [2.45, 2.75) is 12.5 Å². The lowest BCUT2D eigenvalue weighted by Gasteiger charge is -2.29. The third kappa shape index (κ3) is 3.68. The second-order valence-electron chi connectivity index (χ2n) is 6.78. The van der Waals surface area contributed by atoms with E-state index in [-0.39, 0.29) is 5.91 Å². The summed E-state index contributed by atoms with van der Waals surface area (Å²) in [5, 5.41) is 3.59. The first-order valence-electron chi connectivity index (χ1n) is 9.25. The molecule has 0 aromatic heterocycles. The zero-order valence-electron chi connectivity index (χ0n) is 14.9. The smallest absolute Gasteiger partial charge is 0.256 e. The Morgan fingerprint density at radius 3 is 2.69 bits per heavy atom. The molecule has 0 unspecified atom stereocenters. The lowest BCUT2D eigenvalue weighted by Crippen LogP contribution is -2.41. The third-order valence-electron chi connectivity index (χ3n) is 5.02. The quantitative estimate of drug-likeness (QED) is 0.921. The average Bonchev–Trinajstić information content (AvgIpc) is 3.17. The van der Waals surface area contributed by atoms with Crippen molar-refractivity contribution in [3.05, 3.63) is 60.2 Å². The van der Waals surface area contributed by atoms with E-state index in [2.05, 4.69) is 28.4 Å². The summed E-state index contributed by atoms with van der Waals surface area (Å²) in [7, 11) is 0. The van der Waals surface area contributed by atoms with Crippen LogP contribution in [0, 0.1) is 6.07 Å². The lowest BCUT2D eigenvalue weighted by atomic mass is 10.1. The summed E-state index contributed by atoms with van der Waals surface area (Å²) in [4.78, 5) is 17.1. The third-order valence-corrected chi connectivity index (χ3v) is 5.02. The van der Waals surface area contributed by atoms with Crippen molar-refractivity contribution in [1.82, 2.24) is 4.90 Å². The van der Waals surface area contributed by atoms with Crippen LogP contribution in [-0.4, -0.2) is 56.2 Å². The molecule has 135 valence electrons. The number of rotatable bonds is 4. The summed E-state index contributed by atoms with van der Waals surface area (Å²) in [6, 6.07) is 19.7. The summed E-state index contributed by atoms with van der Waals surface area (Å²) in [6.45, 7) is 4.35. The van der Waals surface area contributed by atoms with Gasteiger partial charge in [0.15, 0.2) is 0 Å². The first-order chi connectivity index (χ1) is 12.8. The maximum atomic E-state index is 12.9. The van der Waals surface area contributed by atoms with Crippen LogP contribution in [0.25, 0.3) is 0 Å². The Hall–Kier alpha value is -2.53. The Bertz CT molecular complexity index is 744. The number of carbonyl (C=O) groups excluding carboxylic acids is 1. The van der Waals surface area contributed by atoms with E-state index in [9.17, 15) is 4.79 Å². The number of benzene rings is 2. The molecule has 0 bridgehead atoms. The molecular formula is C21H24N3O2. The van der Waals surface area contributed by atoms with Gasteiger partial charge < -0.3 is 19.9 Å². The van der Waals surface area contributed by atoms with Gasteiger partial charge in [-0.05, 0) is 30.7 Å². The number of carbonyl (C=O) groups is 1. The van der Waals surface area contributed by atoms with Crippen LogP contribution in [0.5, 0.6) is 0 Å². The molecule has 2 fully saturated rings. The summed E-state index contributed by atoms with van der Waals surface area (Å²) < 4.78 is 5.36. The normalized spacial score (nSPS) is 20.2. The van der Waals surface area contributed by atoms with E-state index in [1.165, 1.54) is 0 Å². The van der Waals surface area contributed by atoms with E-state index >= 15 is 0 Å². The van der Waals surface area contributed by atoms with Gasteiger partial charge in [0.2, 0.25) is 0 Å². The molecule has 1 amide bonds. The highest BCUT2D eigenvalue weighted by Crippen LogP contribution is 2.27. The van der Waals surface area contributed by atoms with Crippen LogP contribution in [0.15, 0.2) is 48.5 Å². The summed E-state index contributed by atoms with van der Waals surface area (Å²) >= 11 is 0. The molecule has 2 aliphatic heterocycles. The van der Waals surface area contributed by atoms with Crippen molar-refractivity contribution >= 4 is 17.3 Å². The van der Waals surface area contributed by atoms with E-state index in [0.29, 0.717) is 37.9 Å². The number of anilines is 2. The molecule has 1 atom stereocenters. The fourth-order valence-electron chi connectivity index (χ4n) is 3.65. The Morgan fingerprint density at radius 2 is 1.88 bits per heavy atom.